The normalized spacial score (nSPS) is 11.2. The smallest absolute Gasteiger partial charge is 0.225 e. The van der Waals surface area contributed by atoms with Crippen LogP contribution in [0.15, 0.2) is 11.4 Å². The van der Waals surface area contributed by atoms with Crippen LogP contribution in [-0.2, 0) is 0 Å². The topological polar surface area (TPSA) is 41.1 Å². The summed E-state index contributed by atoms with van der Waals surface area (Å²) in [5.41, 5.74) is 0. The third kappa shape index (κ3) is 2.72. The first-order valence-electron chi connectivity index (χ1n) is 6.26. The van der Waals surface area contributed by atoms with Crippen LogP contribution in [0.4, 0.5) is 11.8 Å². The molecule has 98 valence electrons. The van der Waals surface area contributed by atoms with Gasteiger partial charge in [-0.3, -0.25) is 0 Å². The first-order valence-corrected chi connectivity index (χ1v) is 7.14. The maximum Gasteiger partial charge on any atom is 0.225 e. The summed E-state index contributed by atoms with van der Waals surface area (Å²) in [7, 11) is 3.95. The number of thiophene rings is 1. The standard InChI is InChI=1S/C13H20N4S/c1-9(2)5-7-17(4)11-10-6-8-18-12(10)16-13(14-3)15-11/h6,8-9H,5,7H2,1-4H3,(H,14,15,16). The lowest BCUT2D eigenvalue weighted by atomic mass is 10.1. The van der Waals surface area contributed by atoms with Gasteiger partial charge in [-0.15, -0.1) is 11.3 Å². The Morgan fingerprint density at radius 3 is 2.83 bits per heavy atom. The van der Waals surface area contributed by atoms with E-state index < -0.39 is 0 Å². The Labute approximate surface area is 112 Å². The molecular formula is C13H20N4S. The van der Waals surface area contributed by atoms with Gasteiger partial charge in [0.25, 0.3) is 0 Å². The van der Waals surface area contributed by atoms with E-state index >= 15 is 0 Å². The second-order valence-corrected chi connectivity index (χ2v) is 5.76. The quantitative estimate of drug-likeness (QED) is 0.900. The van der Waals surface area contributed by atoms with E-state index in [2.05, 4.69) is 52.5 Å². The molecule has 0 saturated heterocycles. The lowest BCUT2D eigenvalue weighted by Crippen LogP contribution is -2.21. The van der Waals surface area contributed by atoms with Crippen molar-refractivity contribution in [3.05, 3.63) is 11.4 Å². The summed E-state index contributed by atoms with van der Waals surface area (Å²) >= 11 is 1.66. The Balaban J connectivity index is 2.32. The molecule has 0 spiro atoms. The van der Waals surface area contributed by atoms with Crippen LogP contribution >= 0.6 is 11.3 Å². The maximum atomic E-state index is 4.58. The predicted octanol–water partition coefficient (Wildman–Crippen LogP) is 3.22. The summed E-state index contributed by atoms with van der Waals surface area (Å²) in [4.78, 5) is 12.3. The molecule has 4 nitrogen and oxygen atoms in total. The zero-order chi connectivity index (χ0) is 13.1. The van der Waals surface area contributed by atoms with Crippen LogP contribution in [0.3, 0.4) is 0 Å². The van der Waals surface area contributed by atoms with Crippen LogP contribution in [0, 0.1) is 5.92 Å². The van der Waals surface area contributed by atoms with Crippen LogP contribution in [0.2, 0.25) is 0 Å². The van der Waals surface area contributed by atoms with Crippen molar-refractivity contribution in [2.45, 2.75) is 20.3 Å². The van der Waals surface area contributed by atoms with E-state index in [1.807, 2.05) is 7.05 Å². The molecule has 0 saturated carbocycles. The number of fused-ring (bicyclic) bond motifs is 1. The van der Waals surface area contributed by atoms with Crippen molar-refractivity contribution in [2.24, 2.45) is 5.92 Å². The van der Waals surface area contributed by atoms with Gasteiger partial charge in [0.05, 0.1) is 5.39 Å². The minimum absolute atomic E-state index is 0.691. The van der Waals surface area contributed by atoms with Gasteiger partial charge < -0.3 is 10.2 Å². The molecule has 0 bridgehead atoms. The van der Waals surface area contributed by atoms with Crippen molar-refractivity contribution in [1.82, 2.24) is 9.97 Å². The van der Waals surface area contributed by atoms with Gasteiger partial charge in [-0.1, -0.05) is 13.8 Å². The average Bonchev–Trinajstić information content (AvgIpc) is 2.82. The number of aromatic nitrogens is 2. The fourth-order valence-electron chi connectivity index (χ4n) is 1.80. The lowest BCUT2D eigenvalue weighted by molar-refractivity contribution is 0.584. The summed E-state index contributed by atoms with van der Waals surface area (Å²) in [5, 5.41) is 6.24. The molecule has 2 aromatic heterocycles. The molecule has 2 aromatic rings. The highest BCUT2D eigenvalue weighted by Crippen LogP contribution is 2.28. The van der Waals surface area contributed by atoms with Gasteiger partial charge in [0, 0.05) is 20.6 Å². The average molecular weight is 264 g/mol. The van der Waals surface area contributed by atoms with Gasteiger partial charge in [-0.2, -0.15) is 4.98 Å². The number of hydrogen-bond acceptors (Lipinski definition) is 5. The summed E-state index contributed by atoms with van der Waals surface area (Å²) in [6.07, 6.45) is 1.17. The molecule has 0 amide bonds. The van der Waals surface area contributed by atoms with Crippen molar-refractivity contribution in [3.8, 4) is 0 Å². The predicted molar refractivity (Wildman–Crippen MR) is 79.7 cm³/mol. The van der Waals surface area contributed by atoms with Gasteiger partial charge in [0.1, 0.15) is 10.6 Å². The van der Waals surface area contributed by atoms with Crippen LogP contribution in [-0.4, -0.2) is 30.6 Å². The molecule has 18 heavy (non-hydrogen) atoms. The molecule has 0 aliphatic carbocycles. The second kappa shape index (κ2) is 5.52. The van der Waals surface area contributed by atoms with E-state index in [1.165, 1.54) is 6.42 Å². The Morgan fingerprint density at radius 1 is 1.39 bits per heavy atom. The molecule has 0 radical (unpaired) electrons. The monoisotopic (exact) mass is 264 g/mol. The summed E-state index contributed by atoms with van der Waals surface area (Å²) in [5.74, 6) is 2.42. The SMILES string of the molecule is CNc1nc(N(C)CCC(C)C)c2ccsc2n1. The first kappa shape index (κ1) is 13.1. The number of nitrogens with zero attached hydrogens (tertiary/aromatic N) is 3. The number of rotatable bonds is 5. The minimum atomic E-state index is 0.691. The van der Waals surface area contributed by atoms with E-state index in [4.69, 9.17) is 0 Å². The minimum Gasteiger partial charge on any atom is -0.359 e. The number of nitrogens with one attached hydrogen (secondary N) is 1. The molecule has 2 heterocycles. The first-order chi connectivity index (χ1) is 8.61. The van der Waals surface area contributed by atoms with E-state index in [1.54, 1.807) is 11.3 Å². The molecule has 0 aliphatic heterocycles. The van der Waals surface area contributed by atoms with E-state index in [0.717, 1.165) is 22.6 Å². The summed E-state index contributed by atoms with van der Waals surface area (Å²) < 4.78 is 0. The van der Waals surface area contributed by atoms with Crippen LogP contribution in [0.1, 0.15) is 20.3 Å². The fourth-order valence-corrected chi connectivity index (χ4v) is 2.56. The molecule has 0 unspecified atom stereocenters. The van der Waals surface area contributed by atoms with Crippen molar-refractivity contribution >= 4 is 33.3 Å². The van der Waals surface area contributed by atoms with Gasteiger partial charge in [0.15, 0.2) is 0 Å². The van der Waals surface area contributed by atoms with Gasteiger partial charge in [-0.25, -0.2) is 4.98 Å². The van der Waals surface area contributed by atoms with Crippen molar-refractivity contribution < 1.29 is 0 Å². The maximum absolute atomic E-state index is 4.58. The third-order valence-corrected chi connectivity index (χ3v) is 3.74. The van der Waals surface area contributed by atoms with Crippen LogP contribution < -0.4 is 10.2 Å². The molecule has 1 N–H and O–H groups in total. The zero-order valence-corrected chi connectivity index (χ0v) is 12.2. The third-order valence-electron chi connectivity index (χ3n) is 2.93. The zero-order valence-electron chi connectivity index (χ0n) is 11.4. The Kier molecular flexibility index (Phi) is 4.01. The van der Waals surface area contributed by atoms with Crippen molar-refractivity contribution in [2.75, 3.05) is 30.9 Å². The van der Waals surface area contributed by atoms with Crippen molar-refractivity contribution in [1.29, 1.82) is 0 Å². The highest BCUT2D eigenvalue weighted by Gasteiger charge is 2.12. The molecular weight excluding hydrogens is 244 g/mol. The van der Waals surface area contributed by atoms with Gasteiger partial charge >= 0.3 is 0 Å². The molecule has 0 aromatic carbocycles. The summed E-state index contributed by atoms with van der Waals surface area (Å²) in [6, 6.07) is 2.10. The van der Waals surface area contributed by atoms with E-state index in [0.29, 0.717) is 11.9 Å². The van der Waals surface area contributed by atoms with E-state index in [9.17, 15) is 0 Å². The highest BCUT2D eigenvalue weighted by molar-refractivity contribution is 7.16. The lowest BCUT2D eigenvalue weighted by Gasteiger charge is -2.20. The van der Waals surface area contributed by atoms with Crippen LogP contribution in [0.5, 0.6) is 0 Å². The van der Waals surface area contributed by atoms with Gasteiger partial charge in [0.2, 0.25) is 5.95 Å². The second-order valence-electron chi connectivity index (χ2n) is 4.86. The van der Waals surface area contributed by atoms with Crippen molar-refractivity contribution in [3.63, 3.8) is 0 Å². The molecule has 5 heteroatoms. The fraction of sp³-hybridized carbons (Fsp3) is 0.538. The Hall–Kier alpha value is -1.36. The molecule has 0 fully saturated rings. The molecule has 0 aliphatic rings. The highest BCUT2D eigenvalue weighted by atomic mass is 32.1. The number of hydrogen-bond donors (Lipinski definition) is 1. The largest absolute Gasteiger partial charge is 0.359 e. The molecule has 2 rings (SSSR count). The van der Waals surface area contributed by atoms with Crippen LogP contribution in [0.25, 0.3) is 10.2 Å². The van der Waals surface area contributed by atoms with E-state index in [-0.39, 0.29) is 0 Å². The Bertz CT molecular complexity index is 521. The number of anilines is 2. The Morgan fingerprint density at radius 2 is 2.17 bits per heavy atom. The van der Waals surface area contributed by atoms with Gasteiger partial charge in [-0.05, 0) is 23.8 Å². The summed E-state index contributed by atoms with van der Waals surface area (Å²) in [6.45, 7) is 5.50. The molecule has 0 atom stereocenters.